The number of ether oxygens (including phenoxy) is 1. The Morgan fingerprint density at radius 1 is 1.00 bits per heavy atom. The number of aryl methyl sites for hydroxylation is 2. The molecule has 0 unspecified atom stereocenters. The van der Waals surface area contributed by atoms with Crippen LogP contribution in [0.15, 0.2) is 54.8 Å². The highest BCUT2D eigenvalue weighted by atomic mass is 16.5. The minimum absolute atomic E-state index is 0.900. The fourth-order valence-electron chi connectivity index (χ4n) is 2.31. The van der Waals surface area contributed by atoms with Crippen molar-refractivity contribution >= 4 is 5.57 Å². The highest BCUT2D eigenvalue weighted by molar-refractivity contribution is 5.65. The van der Waals surface area contributed by atoms with Gasteiger partial charge in [-0.1, -0.05) is 55.3 Å². The van der Waals surface area contributed by atoms with Crippen molar-refractivity contribution in [3.05, 3.63) is 71.5 Å². The van der Waals surface area contributed by atoms with Crippen LogP contribution >= 0.6 is 0 Å². The number of benzene rings is 2. The van der Waals surface area contributed by atoms with Gasteiger partial charge in [0.2, 0.25) is 0 Å². The second kappa shape index (κ2) is 7.68. The molecule has 0 spiro atoms. The van der Waals surface area contributed by atoms with Gasteiger partial charge in [-0.3, -0.25) is 0 Å². The summed E-state index contributed by atoms with van der Waals surface area (Å²) in [6.07, 6.45) is 5.33. The lowest BCUT2D eigenvalue weighted by Gasteiger charge is -2.09. The first-order valence-corrected chi connectivity index (χ1v) is 7.68. The Morgan fingerprint density at radius 3 is 2.38 bits per heavy atom. The number of hydrogen-bond acceptors (Lipinski definition) is 1. The molecule has 2 aromatic rings. The summed E-state index contributed by atoms with van der Waals surface area (Å²) in [7, 11) is 0. The van der Waals surface area contributed by atoms with Crippen LogP contribution < -0.4 is 4.74 Å². The molecule has 2 rings (SSSR count). The quantitative estimate of drug-likeness (QED) is 0.597. The molecule has 0 heterocycles. The number of rotatable bonds is 6. The largest absolute Gasteiger partial charge is 0.465 e. The zero-order valence-corrected chi connectivity index (χ0v) is 13.2. The summed E-state index contributed by atoms with van der Waals surface area (Å²) in [5, 5.41) is 0. The Hall–Kier alpha value is -2.02. The van der Waals surface area contributed by atoms with Crippen molar-refractivity contribution in [1.29, 1.82) is 0 Å². The maximum atomic E-state index is 5.88. The summed E-state index contributed by atoms with van der Waals surface area (Å²) in [6, 6.07) is 16.8. The number of unbranched alkanes of at least 4 members (excludes halogenated alkanes) is 1. The molecule has 0 aliphatic rings. The molecule has 0 aliphatic heterocycles. The molecule has 0 atom stereocenters. The monoisotopic (exact) mass is 280 g/mol. The molecule has 0 amide bonds. The van der Waals surface area contributed by atoms with Crippen molar-refractivity contribution in [2.45, 2.75) is 40.0 Å². The van der Waals surface area contributed by atoms with Gasteiger partial charge in [-0.15, -0.1) is 0 Å². The Labute approximate surface area is 128 Å². The van der Waals surface area contributed by atoms with E-state index in [2.05, 4.69) is 57.2 Å². The van der Waals surface area contributed by atoms with E-state index in [1.54, 1.807) is 0 Å². The van der Waals surface area contributed by atoms with Gasteiger partial charge in [0, 0.05) is 0 Å². The van der Waals surface area contributed by atoms with Crippen molar-refractivity contribution in [3.8, 4) is 5.75 Å². The minimum Gasteiger partial charge on any atom is -0.465 e. The normalized spacial score (nSPS) is 11.5. The van der Waals surface area contributed by atoms with E-state index in [0.29, 0.717) is 0 Å². The molecule has 0 saturated heterocycles. The Balaban J connectivity index is 2.20. The highest BCUT2D eigenvalue weighted by Gasteiger charge is 2.03. The van der Waals surface area contributed by atoms with E-state index >= 15 is 0 Å². The van der Waals surface area contributed by atoms with Gasteiger partial charge in [-0.05, 0) is 55.5 Å². The SMILES string of the molecule is CCCC/C(=C\Oc1cccc(C)c1)c1cccc(C)c1. The Kier molecular flexibility index (Phi) is 5.62. The van der Waals surface area contributed by atoms with Gasteiger partial charge >= 0.3 is 0 Å². The van der Waals surface area contributed by atoms with Crippen molar-refractivity contribution in [1.82, 2.24) is 0 Å². The average molecular weight is 280 g/mol. The van der Waals surface area contributed by atoms with Gasteiger partial charge in [-0.2, -0.15) is 0 Å². The van der Waals surface area contributed by atoms with Crippen molar-refractivity contribution in [2.24, 2.45) is 0 Å². The summed E-state index contributed by atoms with van der Waals surface area (Å²) in [5.41, 5.74) is 5.02. The molecule has 0 radical (unpaired) electrons. The van der Waals surface area contributed by atoms with E-state index in [0.717, 1.165) is 12.2 Å². The smallest absolute Gasteiger partial charge is 0.126 e. The summed E-state index contributed by atoms with van der Waals surface area (Å²) < 4.78 is 5.88. The fraction of sp³-hybridized carbons (Fsp3) is 0.300. The topological polar surface area (TPSA) is 9.23 Å². The Morgan fingerprint density at radius 2 is 1.71 bits per heavy atom. The standard InChI is InChI=1S/C20H24O/c1-4-5-10-19(18-11-6-8-16(2)13-18)15-21-20-12-7-9-17(3)14-20/h6-9,11-15H,4-5,10H2,1-3H3/b19-15+. The maximum absolute atomic E-state index is 5.88. The summed E-state index contributed by atoms with van der Waals surface area (Å²) in [5.74, 6) is 0.900. The molecule has 0 aromatic heterocycles. The maximum Gasteiger partial charge on any atom is 0.126 e. The van der Waals surface area contributed by atoms with E-state index < -0.39 is 0 Å². The highest BCUT2D eigenvalue weighted by Crippen LogP contribution is 2.23. The van der Waals surface area contributed by atoms with Crippen LogP contribution in [0, 0.1) is 13.8 Å². The van der Waals surface area contributed by atoms with Crippen LogP contribution in [0.4, 0.5) is 0 Å². The fourth-order valence-corrected chi connectivity index (χ4v) is 2.31. The zero-order valence-electron chi connectivity index (χ0n) is 13.2. The van der Waals surface area contributed by atoms with Gasteiger partial charge in [0.25, 0.3) is 0 Å². The molecular weight excluding hydrogens is 256 g/mol. The molecule has 2 aromatic carbocycles. The minimum atomic E-state index is 0.900. The number of hydrogen-bond donors (Lipinski definition) is 0. The van der Waals surface area contributed by atoms with Crippen LogP contribution in [0.3, 0.4) is 0 Å². The van der Waals surface area contributed by atoms with E-state index in [1.165, 1.54) is 35.1 Å². The summed E-state index contributed by atoms with van der Waals surface area (Å²) >= 11 is 0. The molecular formula is C20H24O. The molecule has 0 bridgehead atoms. The van der Waals surface area contributed by atoms with Gasteiger partial charge < -0.3 is 4.74 Å². The third-order valence-corrected chi connectivity index (χ3v) is 3.52. The predicted octanol–water partition coefficient (Wildman–Crippen LogP) is 5.91. The van der Waals surface area contributed by atoms with Crippen molar-refractivity contribution < 1.29 is 4.74 Å². The summed E-state index contributed by atoms with van der Waals surface area (Å²) in [4.78, 5) is 0. The van der Waals surface area contributed by atoms with Crippen LogP contribution in [-0.4, -0.2) is 0 Å². The van der Waals surface area contributed by atoms with Crippen LogP contribution in [0.5, 0.6) is 5.75 Å². The van der Waals surface area contributed by atoms with Gasteiger partial charge in [-0.25, -0.2) is 0 Å². The van der Waals surface area contributed by atoms with Crippen molar-refractivity contribution in [3.63, 3.8) is 0 Å². The third kappa shape index (κ3) is 4.78. The zero-order chi connectivity index (χ0) is 15.1. The second-order valence-corrected chi connectivity index (χ2v) is 5.55. The van der Waals surface area contributed by atoms with Gasteiger partial charge in [0.15, 0.2) is 0 Å². The third-order valence-electron chi connectivity index (χ3n) is 3.52. The van der Waals surface area contributed by atoms with Crippen LogP contribution in [0.1, 0.15) is 42.9 Å². The van der Waals surface area contributed by atoms with Gasteiger partial charge in [0.05, 0.1) is 6.26 Å². The van der Waals surface area contributed by atoms with Crippen LogP contribution in [0.25, 0.3) is 5.57 Å². The molecule has 1 nitrogen and oxygen atoms in total. The van der Waals surface area contributed by atoms with E-state index in [4.69, 9.17) is 4.74 Å². The van der Waals surface area contributed by atoms with E-state index in [9.17, 15) is 0 Å². The second-order valence-electron chi connectivity index (χ2n) is 5.55. The van der Waals surface area contributed by atoms with Crippen molar-refractivity contribution in [2.75, 3.05) is 0 Å². The van der Waals surface area contributed by atoms with E-state index in [1.807, 2.05) is 18.4 Å². The molecule has 0 fully saturated rings. The molecule has 0 saturated carbocycles. The van der Waals surface area contributed by atoms with Crippen LogP contribution in [0.2, 0.25) is 0 Å². The first-order valence-electron chi connectivity index (χ1n) is 7.68. The van der Waals surface area contributed by atoms with E-state index in [-0.39, 0.29) is 0 Å². The number of allylic oxidation sites excluding steroid dienone is 1. The molecule has 0 N–H and O–H groups in total. The van der Waals surface area contributed by atoms with Gasteiger partial charge in [0.1, 0.15) is 5.75 Å². The molecule has 110 valence electrons. The molecule has 21 heavy (non-hydrogen) atoms. The predicted molar refractivity (Wildman–Crippen MR) is 90.5 cm³/mol. The first-order chi connectivity index (χ1) is 10.2. The lowest BCUT2D eigenvalue weighted by Crippen LogP contribution is -1.91. The molecule has 1 heteroatoms. The average Bonchev–Trinajstić information content (AvgIpc) is 2.47. The lowest BCUT2D eigenvalue weighted by atomic mass is 10.00. The van der Waals surface area contributed by atoms with Crippen LogP contribution in [-0.2, 0) is 0 Å². The molecule has 0 aliphatic carbocycles. The summed E-state index contributed by atoms with van der Waals surface area (Å²) in [6.45, 7) is 6.42. The lowest BCUT2D eigenvalue weighted by molar-refractivity contribution is 0.481. The Bertz CT molecular complexity index is 611. The first kappa shape index (κ1) is 15.4.